The average Bonchev–Trinajstić information content (AvgIpc) is 3.08. The fourth-order valence-electron chi connectivity index (χ4n) is 1.93. The van der Waals surface area contributed by atoms with Crippen molar-refractivity contribution in [3.63, 3.8) is 0 Å². The van der Waals surface area contributed by atoms with Crippen molar-refractivity contribution in [3.8, 4) is 0 Å². The molecule has 0 aromatic carbocycles. The predicted octanol–water partition coefficient (Wildman–Crippen LogP) is 2.21. The quantitative estimate of drug-likeness (QED) is 0.750. The van der Waals surface area contributed by atoms with E-state index in [-0.39, 0.29) is 31.2 Å². The molecule has 1 fully saturated rings. The van der Waals surface area contributed by atoms with Crippen molar-refractivity contribution in [1.82, 2.24) is 10.2 Å². The van der Waals surface area contributed by atoms with Gasteiger partial charge in [-0.1, -0.05) is 47.0 Å². The van der Waals surface area contributed by atoms with E-state index in [1.54, 1.807) is 4.90 Å². The van der Waals surface area contributed by atoms with Crippen LogP contribution in [0.4, 0.5) is 0 Å². The molecule has 0 spiro atoms. The number of likely N-dealkylation sites (tertiary alicyclic amines) is 1. The topological polar surface area (TPSA) is 92.5 Å². The highest BCUT2D eigenvalue weighted by Gasteiger charge is 2.17. The van der Waals surface area contributed by atoms with E-state index in [1.807, 2.05) is 13.8 Å². The number of hydrogen-bond donors (Lipinski definition) is 2. The minimum atomic E-state index is -0.513. The van der Waals surface area contributed by atoms with Crippen molar-refractivity contribution in [2.75, 3.05) is 19.6 Å². The van der Waals surface area contributed by atoms with Gasteiger partial charge in [0, 0.05) is 25.9 Å². The third-order valence-corrected chi connectivity index (χ3v) is 3.20. The summed E-state index contributed by atoms with van der Waals surface area (Å²) in [5.74, 6) is -0.891. The SMILES string of the molecule is CC.CCCCC.NC(=O)CCC(=O)NCC(=O)N1CCCC1. The number of amides is 3. The Hall–Kier alpha value is -1.59. The summed E-state index contributed by atoms with van der Waals surface area (Å²) in [6.45, 7) is 9.98. The summed E-state index contributed by atoms with van der Waals surface area (Å²) in [5, 5.41) is 2.48. The van der Waals surface area contributed by atoms with Crippen LogP contribution >= 0.6 is 0 Å². The fraction of sp³-hybridized carbons (Fsp3) is 0.824. The molecular weight excluding hydrogens is 294 g/mol. The highest BCUT2D eigenvalue weighted by atomic mass is 16.2. The molecular formula is C17H35N3O3. The molecule has 0 aromatic heterocycles. The molecule has 1 aliphatic heterocycles. The second kappa shape index (κ2) is 16.8. The smallest absolute Gasteiger partial charge is 0.241 e. The Balaban J connectivity index is 0. The molecule has 0 unspecified atom stereocenters. The van der Waals surface area contributed by atoms with Gasteiger partial charge in [-0.15, -0.1) is 0 Å². The van der Waals surface area contributed by atoms with Gasteiger partial charge in [-0.3, -0.25) is 14.4 Å². The fourth-order valence-corrected chi connectivity index (χ4v) is 1.93. The largest absolute Gasteiger partial charge is 0.370 e. The van der Waals surface area contributed by atoms with Crippen LogP contribution in [-0.4, -0.2) is 42.3 Å². The number of primary amides is 1. The Kier molecular flexibility index (Phi) is 17.3. The summed E-state index contributed by atoms with van der Waals surface area (Å²) in [5.41, 5.74) is 4.90. The Morgan fingerprint density at radius 2 is 1.52 bits per heavy atom. The monoisotopic (exact) mass is 329 g/mol. The number of hydrogen-bond acceptors (Lipinski definition) is 3. The van der Waals surface area contributed by atoms with Crippen molar-refractivity contribution in [1.29, 1.82) is 0 Å². The van der Waals surface area contributed by atoms with Crippen molar-refractivity contribution >= 4 is 17.7 Å². The predicted molar refractivity (Wildman–Crippen MR) is 93.8 cm³/mol. The van der Waals surface area contributed by atoms with Gasteiger partial charge in [0.1, 0.15) is 0 Å². The van der Waals surface area contributed by atoms with Gasteiger partial charge in [0.15, 0.2) is 0 Å². The number of unbranched alkanes of at least 4 members (excludes halogenated alkanes) is 2. The number of carbonyl (C=O) groups is 3. The van der Waals surface area contributed by atoms with Gasteiger partial charge >= 0.3 is 0 Å². The molecule has 1 saturated heterocycles. The Morgan fingerprint density at radius 1 is 1.00 bits per heavy atom. The van der Waals surface area contributed by atoms with E-state index < -0.39 is 5.91 Å². The number of nitrogens with zero attached hydrogens (tertiary/aromatic N) is 1. The van der Waals surface area contributed by atoms with E-state index in [2.05, 4.69) is 19.2 Å². The van der Waals surface area contributed by atoms with E-state index in [1.165, 1.54) is 19.3 Å². The zero-order valence-electron chi connectivity index (χ0n) is 15.3. The van der Waals surface area contributed by atoms with Crippen molar-refractivity contribution in [2.45, 2.75) is 72.6 Å². The number of nitrogens with one attached hydrogen (secondary N) is 1. The molecule has 3 N–H and O–H groups in total. The van der Waals surface area contributed by atoms with Crippen LogP contribution in [0, 0.1) is 0 Å². The molecule has 0 aromatic rings. The molecule has 0 bridgehead atoms. The van der Waals surface area contributed by atoms with E-state index >= 15 is 0 Å². The average molecular weight is 329 g/mol. The third kappa shape index (κ3) is 15.1. The standard InChI is InChI=1S/C10H17N3O3.C5H12.C2H6/c11-8(14)3-4-9(15)12-7-10(16)13-5-1-2-6-13;1-3-5-4-2;1-2/h1-7H2,(H2,11,14)(H,12,15);3-5H2,1-2H3;1-2H3. The second-order valence-corrected chi connectivity index (χ2v) is 5.18. The van der Waals surface area contributed by atoms with Gasteiger partial charge in [-0.25, -0.2) is 0 Å². The van der Waals surface area contributed by atoms with E-state index in [9.17, 15) is 14.4 Å². The van der Waals surface area contributed by atoms with Crippen LogP contribution in [0.2, 0.25) is 0 Å². The summed E-state index contributed by atoms with van der Waals surface area (Å²) < 4.78 is 0. The van der Waals surface area contributed by atoms with Crippen LogP contribution in [0.15, 0.2) is 0 Å². The second-order valence-electron chi connectivity index (χ2n) is 5.18. The molecule has 6 heteroatoms. The Labute approximate surface area is 141 Å². The summed E-state index contributed by atoms with van der Waals surface area (Å²) in [6.07, 6.45) is 6.20. The summed E-state index contributed by atoms with van der Waals surface area (Å²) in [4.78, 5) is 34.8. The van der Waals surface area contributed by atoms with Crippen LogP contribution in [0.1, 0.15) is 72.6 Å². The molecule has 136 valence electrons. The summed E-state index contributed by atoms with van der Waals surface area (Å²) in [7, 11) is 0. The molecule has 0 atom stereocenters. The van der Waals surface area contributed by atoms with Crippen LogP contribution in [0.3, 0.4) is 0 Å². The van der Waals surface area contributed by atoms with E-state index in [0.29, 0.717) is 0 Å². The van der Waals surface area contributed by atoms with E-state index in [0.717, 1.165) is 25.9 Å². The van der Waals surface area contributed by atoms with Gasteiger partial charge in [0.2, 0.25) is 17.7 Å². The lowest BCUT2D eigenvalue weighted by Gasteiger charge is -2.15. The van der Waals surface area contributed by atoms with Gasteiger partial charge < -0.3 is 16.0 Å². The van der Waals surface area contributed by atoms with Gasteiger partial charge in [0.05, 0.1) is 6.54 Å². The normalized spacial score (nSPS) is 12.4. The van der Waals surface area contributed by atoms with Gasteiger partial charge in [-0.2, -0.15) is 0 Å². The molecule has 0 radical (unpaired) electrons. The van der Waals surface area contributed by atoms with Crippen LogP contribution in [0.25, 0.3) is 0 Å². The highest BCUT2D eigenvalue weighted by molar-refractivity contribution is 5.87. The van der Waals surface area contributed by atoms with Crippen LogP contribution < -0.4 is 11.1 Å². The van der Waals surface area contributed by atoms with Crippen molar-refractivity contribution in [3.05, 3.63) is 0 Å². The van der Waals surface area contributed by atoms with Crippen molar-refractivity contribution in [2.24, 2.45) is 5.73 Å². The summed E-state index contributed by atoms with van der Waals surface area (Å²) >= 11 is 0. The van der Waals surface area contributed by atoms with Gasteiger partial charge in [-0.05, 0) is 12.8 Å². The lowest BCUT2D eigenvalue weighted by molar-refractivity contribution is -0.132. The molecule has 1 heterocycles. The number of nitrogens with two attached hydrogens (primary N) is 1. The maximum absolute atomic E-state index is 11.5. The van der Waals surface area contributed by atoms with Crippen LogP contribution in [0.5, 0.6) is 0 Å². The van der Waals surface area contributed by atoms with Gasteiger partial charge in [0.25, 0.3) is 0 Å². The maximum atomic E-state index is 11.5. The van der Waals surface area contributed by atoms with Crippen LogP contribution in [-0.2, 0) is 14.4 Å². The minimum Gasteiger partial charge on any atom is -0.370 e. The molecule has 1 aliphatic rings. The maximum Gasteiger partial charge on any atom is 0.241 e. The number of rotatable bonds is 7. The Morgan fingerprint density at radius 3 is 1.91 bits per heavy atom. The third-order valence-electron chi connectivity index (χ3n) is 3.20. The highest BCUT2D eigenvalue weighted by Crippen LogP contribution is 2.06. The first-order valence-electron chi connectivity index (χ1n) is 8.84. The molecule has 6 nitrogen and oxygen atoms in total. The molecule has 0 aliphatic carbocycles. The zero-order valence-corrected chi connectivity index (χ0v) is 15.3. The molecule has 1 rings (SSSR count). The van der Waals surface area contributed by atoms with Crippen molar-refractivity contribution < 1.29 is 14.4 Å². The van der Waals surface area contributed by atoms with E-state index in [4.69, 9.17) is 5.73 Å². The molecule has 23 heavy (non-hydrogen) atoms. The lowest BCUT2D eigenvalue weighted by Crippen LogP contribution is -2.38. The minimum absolute atomic E-state index is 0.0115. The number of carbonyl (C=O) groups excluding carboxylic acids is 3. The molecule has 3 amide bonds. The first-order valence-corrected chi connectivity index (χ1v) is 8.84. The Bertz CT molecular complexity index is 325. The zero-order chi connectivity index (χ0) is 18.1. The lowest BCUT2D eigenvalue weighted by atomic mass is 10.3. The summed E-state index contributed by atoms with van der Waals surface area (Å²) in [6, 6.07) is 0. The first-order chi connectivity index (χ1) is 11.0. The molecule has 0 saturated carbocycles. The first kappa shape index (κ1) is 23.7.